The molecule has 2 aromatic rings. The van der Waals surface area contributed by atoms with E-state index in [-0.39, 0.29) is 5.91 Å². The van der Waals surface area contributed by atoms with Crippen molar-refractivity contribution in [2.24, 2.45) is 4.99 Å². The third-order valence-electron chi connectivity index (χ3n) is 3.16. The summed E-state index contributed by atoms with van der Waals surface area (Å²) in [6, 6.07) is 12.4. The van der Waals surface area contributed by atoms with Gasteiger partial charge in [0.25, 0.3) is 5.91 Å². The van der Waals surface area contributed by atoms with Gasteiger partial charge in [-0.15, -0.1) is 0 Å². The first-order valence-corrected chi connectivity index (χ1v) is 8.51. The first-order chi connectivity index (χ1) is 11.5. The summed E-state index contributed by atoms with van der Waals surface area (Å²) in [7, 11) is 1.55. The van der Waals surface area contributed by atoms with E-state index < -0.39 is 0 Å². The third kappa shape index (κ3) is 3.93. The smallest absolute Gasteiger partial charge is 0.264 e. The molecule has 1 saturated heterocycles. The number of benzene rings is 2. The fourth-order valence-electron chi connectivity index (χ4n) is 2.07. The summed E-state index contributed by atoms with van der Waals surface area (Å²) in [6.07, 6.45) is 1.76. The zero-order valence-electron chi connectivity index (χ0n) is 12.5. The second-order valence-electron chi connectivity index (χ2n) is 4.86. The number of methoxy groups -OCH3 is 1. The Bertz CT molecular complexity index is 865. The average molecular weight is 379 g/mol. The molecule has 3 rings (SSSR count). The largest absolute Gasteiger partial charge is 0.495 e. The molecule has 0 bridgehead atoms. The quantitative estimate of drug-likeness (QED) is 0.773. The van der Waals surface area contributed by atoms with Crippen LogP contribution in [0.2, 0.25) is 10.0 Å². The molecule has 0 spiro atoms. The molecule has 1 aliphatic rings. The molecular formula is C17H12Cl2N2O2S. The van der Waals surface area contributed by atoms with Crippen LogP contribution in [0, 0.1) is 0 Å². The van der Waals surface area contributed by atoms with Crippen LogP contribution in [0.4, 0.5) is 5.69 Å². The van der Waals surface area contributed by atoms with Crippen LogP contribution in [0.5, 0.6) is 5.75 Å². The van der Waals surface area contributed by atoms with Gasteiger partial charge in [0.1, 0.15) is 5.75 Å². The summed E-state index contributed by atoms with van der Waals surface area (Å²) >= 11 is 13.3. The van der Waals surface area contributed by atoms with Crippen LogP contribution >= 0.6 is 35.0 Å². The van der Waals surface area contributed by atoms with Gasteiger partial charge >= 0.3 is 0 Å². The monoisotopic (exact) mass is 378 g/mol. The van der Waals surface area contributed by atoms with Crippen LogP contribution in [-0.2, 0) is 4.79 Å². The zero-order chi connectivity index (χ0) is 17.1. The van der Waals surface area contributed by atoms with E-state index in [0.29, 0.717) is 31.6 Å². The van der Waals surface area contributed by atoms with E-state index in [1.807, 2.05) is 12.1 Å². The van der Waals surface area contributed by atoms with Crippen LogP contribution in [0.1, 0.15) is 5.56 Å². The summed E-state index contributed by atoms with van der Waals surface area (Å²) < 4.78 is 5.12. The molecule has 0 saturated carbocycles. The number of thioether (sulfide) groups is 1. The molecule has 24 heavy (non-hydrogen) atoms. The minimum atomic E-state index is -0.201. The molecule has 1 aliphatic heterocycles. The normalized spacial score (nSPS) is 17.4. The lowest BCUT2D eigenvalue weighted by Gasteiger charge is -2.03. The fourth-order valence-corrected chi connectivity index (χ4v) is 3.36. The minimum absolute atomic E-state index is 0.201. The molecule has 0 radical (unpaired) electrons. The lowest BCUT2D eigenvalue weighted by Crippen LogP contribution is -2.19. The zero-order valence-corrected chi connectivity index (χ0v) is 14.9. The SMILES string of the molecule is COc1ccc(/C=C2/SC(=Nc3cccc(Cl)c3)NC2=O)cc1Cl. The third-order valence-corrected chi connectivity index (χ3v) is 4.60. The maximum Gasteiger partial charge on any atom is 0.264 e. The van der Waals surface area contributed by atoms with Crippen LogP contribution in [0.25, 0.3) is 6.08 Å². The Morgan fingerprint density at radius 2 is 2.04 bits per heavy atom. The molecule has 0 unspecified atom stereocenters. The highest BCUT2D eigenvalue weighted by Gasteiger charge is 2.23. The molecule has 122 valence electrons. The van der Waals surface area contributed by atoms with Crippen LogP contribution < -0.4 is 10.1 Å². The molecule has 1 fully saturated rings. The maximum absolute atomic E-state index is 12.1. The Labute approximate surface area is 153 Å². The van der Waals surface area contributed by atoms with Crippen molar-refractivity contribution in [1.82, 2.24) is 5.32 Å². The van der Waals surface area contributed by atoms with E-state index in [1.54, 1.807) is 43.5 Å². The van der Waals surface area contributed by atoms with Crippen molar-refractivity contribution in [3.05, 3.63) is 63.0 Å². The molecule has 2 aromatic carbocycles. The number of aliphatic imine (C=N–C) groups is 1. The number of nitrogens with one attached hydrogen (secondary N) is 1. The summed E-state index contributed by atoms with van der Waals surface area (Å²) in [6.45, 7) is 0. The molecular weight excluding hydrogens is 367 g/mol. The first kappa shape index (κ1) is 16.9. The molecule has 0 aromatic heterocycles. The highest BCUT2D eigenvalue weighted by molar-refractivity contribution is 8.18. The van der Waals surface area contributed by atoms with Gasteiger partial charge < -0.3 is 10.1 Å². The number of halogens is 2. The summed E-state index contributed by atoms with van der Waals surface area (Å²) in [5, 5.41) is 4.32. The van der Waals surface area contributed by atoms with Gasteiger partial charge in [-0.3, -0.25) is 4.79 Å². The van der Waals surface area contributed by atoms with Gasteiger partial charge in [0.05, 0.1) is 22.7 Å². The molecule has 1 amide bonds. The van der Waals surface area contributed by atoms with E-state index >= 15 is 0 Å². The number of amides is 1. The van der Waals surface area contributed by atoms with Gasteiger partial charge in [-0.05, 0) is 53.7 Å². The first-order valence-electron chi connectivity index (χ1n) is 6.94. The van der Waals surface area contributed by atoms with Crippen molar-refractivity contribution in [2.45, 2.75) is 0 Å². The summed E-state index contributed by atoms with van der Waals surface area (Å²) in [5.74, 6) is 0.387. The number of nitrogens with zero attached hydrogens (tertiary/aromatic N) is 1. The molecule has 1 heterocycles. The summed E-state index contributed by atoms with van der Waals surface area (Å²) in [5.41, 5.74) is 1.49. The van der Waals surface area contributed by atoms with E-state index in [2.05, 4.69) is 10.3 Å². The second-order valence-corrected chi connectivity index (χ2v) is 6.73. The lowest BCUT2D eigenvalue weighted by atomic mass is 10.2. The highest BCUT2D eigenvalue weighted by Crippen LogP contribution is 2.31. The number of carbonyl (C=O) groups is 1. The second kappa shape index (κ2) is 7.30. The summed E-state index contributed by atoms with van der Waals surface area (Å²) in [4.78, 5) is 17.0. The van der Waals surface area contributed by atoms with Gasteiger partial charge in [0.15, 0.2) is 5.17 Å². The molecule has 1 N–H and O–H groups in total. The number of hydrogen-bond donors (Lipinski definition) is 1. The van der Waals surface area contributed by atoms with E-state index in [1.165, 1.54) is 11.8 Å². The van der Waals surface area contributed by atoms with Crippen molar-refractivity contribution < 1.29 is 9.53 Å². The maximum atomic E-state index is 12.1. The lowest BCUT2D eigenvalue weighted by molar-refractivity contribution is -0.115. The predicted octanol–water partition coefficient (Wildman–Crippen LogP) is 4.89. The van der Waals surface area contributed by atoms with E-state index in [0.717, 1.165) is 5.56 Å². The Balaban J connectivity index is 1.83. The van der Waals surface area contributed by atoms with Crippen molar-refractivity contribution in [1.29, 1.82) is 0 Å². The molecule has 0 atom stereocenters. The van der Waals surface area contributed by atoms with E-state index in [4.69, 9.17) is 27.9 Å². The van der Waals surface area contributed by atoms with Crippen LogP contribution in [0.15, 0.2) is 52.4 Å². The number of carbonyl (C=O) groups excluding carboxylic acids is 1. The van der Waals surface area contributed by atoms with Gasteiger partial charge in [0, 0.05) is 5.02 Å². The van der Waals surface area contributed by atoms with Crippen LogP contribution in [0.3, 0.4) is 0 Å². The Morgan fingerprint density at radius 1 is 1.21 bits per heavy atom. The number of hydrogen-bond acceptors (Lipinski definition) is 4. The Kier molecular flexibility index (Phi) is 5.14. The van der Waals surface area contributed by atoms with Crippen molar-refractivity contribution >= 4 is 57.8 Å². The molecule has 7 heteroatoms. The van der Waals surface area contributed by atoms with E-state index in [9.17, 15) is 4.79 Å². The fraction of sp³-hybridized carbons (Fsp3) is 0.0588. The van der Waals surface area contributed by atoms with Gasteiger partial charge in [-0.1, -0.05) is 35.3 Å². The van der Waals surface area contributed by atoms with Crippen molar-refractivity contribution in [2.75, 3.05) is 7.11 Å². The van der Waals surface area contributed by atoms with Gasteiger partial charge in [-0.2, -0.15) is 0 Å². The number of amidine groups is 1. The molecule has 4 nitrogen and oxygen atoms in total. The number of rotatable bonds is 3. The van der Waals surface area contributed by atoms with Crippen LogP contribution in [-0.4, -0.2) is 18.2 Å². The standard InChI is InChI=1S/C17H12Cl2N2O2S/c1-23-14-6-5-10(7-13(14)19)8-15-16(22)21-17(24-15)20-12-4-2-3-11(18)9-12/h2-9H,1H3,(H,20,21,22)/b15-8+. The van der Waals surface area contributed by atoms with Gasteiger partial charge in [0.2, 0.25) is 0 Å². The average Bonchev–Trinajstić information content (AvgIpc) is 2.87. The Hall–Kier alpha value is -1.95. The minimum Gasteiger partial charge on any atom is -0.495 e. The van der Waals surface area contributed by atoms with Crippen molar-refractivity contribution in [3.8, 4) is 5.75 Å². The van der Waals surface area contributed by atoms with Gasteiger partial charge in [-0.25, -0.2) is 4.99 Å². The Morgan fingerprint density at radius 3 is 2.75 bits per heavy atom. The van der Waals surface area contributed by atoms with Crippen molar-refractivity contribution in [3.63, 3.8) is 0 Å². The predicted molar refractivity (Wildman–Crippen MR) is 100 cm³/mol. The molecule has 0 aliphatic carbocycles. The topological polar surface area (TPSA) is 50.7 Å². The highest BCUT2D eigenvalue weighted by atomic mass is 35.5. The number of ether oxygens (including phenoxy) is 1.